The molecule has 1 aliphatic rings. The number of para-hydroxylation sites is 1. The third-order valence-corrected chi connectivity index (χ3v) is 5.66. The smallest absolute Gasteiger partial charge is 0.339 e. The van der Waals surface area contributed by atoms with Crippen molar-refractivity contribution in [3.63, 3.8) is 0 Å². The molecule has 0 saturated heterocycles. The van der Waals surface area contributed by atoms with Crippen molar-refractivity contribution in [2.75, 3.05) is 0 Å². The van der Waals surface area contributed by atoms with Crippen molar-refractivity contribution in [2.24, 2.45) is 11.7 Å². The number of allylic oxidation sites excluding steroid dienone is 1. The predicted molar refractivity (Wildman–Crippen MR) is 126 cm³/mol. The van der Waals surface area contributed by atoms with E-state index in [1.807, 2.05) is 59.9 Å². The quantitative estimate of drug-likeness (QED) is 0.590. The fourth-order valence-corrected chi connectivity index (χ4v) is 4.22. The summed E-state index contributed by atoms with van der Waals surface area (Å²) in [6, 6.07) is 16.4. The lowest BCUT2D eigenvalue weighted by Crippen LogP contribution is -2.42. The summed E-state index contributed by atoms with van der Waals surface area (Å²) in [5.74, 6) is -1.12. The lowest BCUT2D eigenvalue weighted by Gasteiger charge is -2.27. The monoisotopic (exact) mass is 443 g/mol. The van der Waals surface area contributed by atoms with E-state index in [-0.39, 0.29) is 5.92 Å². The van der Waals surface area contributed by atoms with Crippen molar-refractivity contribution >= 4 is 40.5 Å². The molecule has 33 heavy (non-hydrogen) atoms. The number of benzene rings is 2. The molecule has 3 amide bonds. The van der Waals surface area contributed by atoms with E-state index < -0.39 is 24.0 Å². The van der Waals surface area contributed by atoms with Gasteiger partial charge in [-0.25, -0.2) is 14.6 Å². The zero-order chi connectivity index (χ0) is 23.5. The minimum atomic E-state index is -1.19. The summed E-state index contributed by atoms with van der Waals surface area (Å²) in [6.45, 7) is 3.53. The Hall–Kier alpha value is -4.00. The lowest BCUT2D eigenvalue weighted by molar-refractivity contribution is -0.127. The van der Waals surface area contributed by atoms with Gasteiger partial charge in [0.1, 0.15) is 0 Å². The maximum absolute atomic E-state index is 13.3. The molecule has 0 radical (unpaired) electrons. The Morgan fingerprint density at radius 2 is 1.79 bits per heavy atom. The third kappa shape index (κ3) is 4.77. The van der Waals surface area contributed by atoms with Gasteiger partial charge in [-0.15, -0.1) is 0 Å². The number of amides is 3. The maximum atomic E-state index is 13.3. The fraction of sp³-hybridized carbons (Fsp3) is 0.231. The van der Waals surface area contributed by atoms with Gasteiger partial charge in [0.05, 0.1) is 16.8 Å². The molecule has 0 fully saturated rings. The van der Waals surface area contributed by atoms with Crippen LogP contribution < -0.4 is 11.1 Å². The van der Waals surface area contributed by atoms with E-state index in [2.05, 4.69) is 13.0 Å². The number of urea groups is 1. The highest BCUT2D eigenvalue weighted by Crippen LogP contribution is 2.38. The van der Waals surface area contributed by atoms with E-state index >= 15 is 0 Å². The standard InChI is InChI=1S/C26H25N3O4/c1-15-12-18(14-17-8-4-3-5-9-17)23-20(13-15)22(19-10-6-7-11-21(19)28-23)25(31)33-16(2)24(30)29-26(27)32/h3-11,14-16H,12-13H2,1-2H3,(H3,27,29,30,32)/b18-14+. The number of imide groups is 1. The molecular weight excluding hydrogens is 418 g/mol. The van der Waals surface area contributed by atoms with E-state index in [0.717, 1.165) is 28.8 Å². The number of rotatable bonds is 4. The second-order valence-electron chi connectivity index (χ2n) is 8.33. The van der Waals surface area contributed by atoms with Crippen molar-refractivity contribution in [1.82, 2.24) is 10.3 Å². The first-order valence-corrected chi connectivity index (χ1v) is 10.8. The molecule has 3 N–H and O–H groups in total. The molecule has 1 aliphatic carbocycles. The highest BCUT2D eigenvalue weighted by molar-refractivity contribution is 6.07. The molecule has 2 aromatic carbocycles. The van der Waals surface area contributed by atoms with E-state index in [1.165, 1.54) is 6.92 Å². The molecule has 1 aromatic heterocycles. The molecule has 0 aliphatic heterocycles. The lowest BCUT2D eigenvalue weighted by atomic mass is 9.80. The topological polar surface area (TPSA) is 111 Å². The molecule has 7 heteroatoms. The van der Waals surface area contributed by atoms with Crippen LogP contribution in [0.4, 0.5) is 4.79 Å². The second kappa shape index (κ2) is 9.24. The van der Waals surface area contributed by atoms with Gasteiger partial charge in [-0.2, -0.15) is 0 Å². The summed E-state index contributed by atoms with van der Waals surface area (Å²) in [6.07, 6.45) is 2.41. The van der Waals surface area contributed by atoms with Crippen molar-refractivity contribution in [3.05, 3.63) is 77.0 Å². The van der Waals surface area contributed by atoms with E-state index in [0.29, 0.717) is 22.9 Å². The summed E-state index contributed by atoms with van der Waals surface area (Å²) in [4.78, 5) is 41.3. The molecular formula is C26H25N3O4. The zero-order valence-corrected chi connectivity index (χ0v) is 18.5. The second-order valence-corrected chi connectivity index (χ2v) is 8.33. The van der Waals surface area contributed by atoms with Gasteiger partial charge in [0.25, 0.3) is 5.91 Å². The van der Waals surface area contributed by atoms with Crippen molar-refractivity contribution in [3.8, 4) is 0 Å². The van der Waals surface area contributed by atoms with Crippen LogP contribution in [0, 0.1) is 5.92 Å². The minimum Gasteiger partial charge on any atom is -0.449 e. The first-order chi connectivity index (χ1) is 15.8. The molecule has 7 nitrogen and oxygen atoms in total. The van der Waals surface area contributed by atoms with Gasteiger partial charge in [0.2, 0.25) is 0 Å². The van der Waals surface area contributed by atoms with Crippen molar-refractivity contribution < 1.29 is 19.1 Å². The van der Waals surface area contributed by atoms with E-state index in [9.17, 15) is 14.4 Å². The summed E-state index contributed by atoms with van der Waals surface area (Å²) < 4.78 is 5.46. The average molecular weight is 444 g/mol. The molecule has 0 bridgehead atoms. The molecule has 0 spiro atoms. The number of aromatic nitrogens is 1. The Kier molecular flexibility index (Phi) is 6.22. The van der Waals surface area contributed by atoms with Crippen LogP contribution in [-0.4, -0.2) is 29.0 Å². The van der Waals surface area contributed by atoms with Crippen LogP contribution in [0.2, 0.25) is 0 Å². The Morgan fingerprint density at radius 1 is 1.09 bits per heavy atom. The molecule has 3 aromatic rings. The van der Waals surface area contributed by atoms with Crippen LogP contribution in [0.5, 0.6) is 0 Å². The SMILES string of the molecule is CC1C/C(=C\c2ccccc2)c2nc3ccccc3c(C(=O)OC(C)C(=O)NC(N)=O)c2C1. The number of carbonyl (C=O) groups excluding carboxylic acids is 3. The first kappa shape index (κ1) is 22.2. The molecule has 2 atom stereocenters. The minimum absolute atomic E-state index is 0.289. The Bertz CT molecular complexity index is 1270. The molecule has 0 saturated carbocycles. The number of nitrogens with one attached hydrogen (secondary N) is 1. The maximum Gasteiger partial charge on any atom is 0.339 e. The first-order valence-electron chi connectivity index (χ1n) is 10.8. The predicted octanol–water partition coefficient (Wildman–Crippen LogP) is 4.10. The molecule has 168 valence electrons. The Balaban J connectivity index is 1.82. The summed E-state index contributed by atoms with van der Waals surface area (Å²) in [5, 5.41) is 2.61. The van der Waals surface area contributed by atoms with Gasteiger partial charge >= 0.3 is 12.0 Å². The van der Waals surface area contributed by atoms with Gasteiger partial charge in [-0.3, -0.25) is 10.1 Å². The van der Waals surface area contributed by atoms with Crippen LogP contribution in [-0.2, 0) is 16.0 Å². The van der Waals surface area contributed by atoms with Crippen LogP contribution >= 0.6 is 0 Å². The van der Waals surface area contributed by atoms with Crippen LogP contribution in [0.25, 0.3) is 22.6 Å². The fourth-order valence-electron chi connectivity index (χ4n) is 4.22. The normalized spacial score (nSPS) is 17.3. The van der Waals surface area contributed by atoms with Gasteiger partial charge in [-0.05, 0) is 54.5 Å². The van der Waals surface area contributed by atoms with E-state index in [4.69, 9.17) is 15.5 Å². The Labute approximate surface area is 191 Å². The number of nitrogens with zero attached hydrogens (tertiary/aromatic N) is 1. The van der Waals surface area contributed by atoms with Crippen molar-refractivity contribution in [2.45, 2.75) is 32.8 Å². The number of carbonyl (C=O) groups is 3. The number of primary amides is 1. The molecule has 2 unspecified atom stereocenters. The molecule has 1 heterocycles. The summed E-state index contributed by atoms with van der Waals surface area (Å²) in [5.41, 5.74) is 9.77. The highest BCUT2D eigenvalue weighted by Gasteiger charge is 2.30. The van der Waals surface area contributed by atoms with Gasteiger partial charge in [0.15, 0.2) is 6.10 Å². The zero-order valence-electron chi connectivity index (χ0n) is 18.5. The van der Waals surface area contributed by atoms with Gasteiger partial charge in [0, 0.05) is 5.39 Å². The largest absolute Gasteiger partial charge is 0.449 e. The summed E-state index contributed by atoms with van der Waals surface area (Å²) >= 11 is 0. The number of hydrogen-bond donors (Lipinski definition) is 2. The average Bonchev–Trinajstić information content (AvgIpc) is 2.77. The summed E-state index contributed by atoms with van der Waals surface area (Å²) in [7, 11) is 0. The molecule has 4 rings (SSSR count). The van der Waals surface area contributed by atoms with Crippen molar-refractivity contribution in [1.29, 1.82) is 0 Å². The van der Waals surface area contributed by atoms with Gasteiger partial charge < -0.3 is 10.5 Å². The number of pyridine rings is 1. The van der Waals surface area contributed by atoms with Crippen LogP contribution in [0.1, 0.15) is 47.4 Å². The number of nitrogens with two attached hydrogens (primary N) is 1. The number of hydrogen-bond acceptors (Lipinski definition) is 5. The number of esters is 1. The van der Waals surface area contributed by atoms with Crippen LogP contribution in [0.15, 0.2) is 54.6 Å². The van der Waals surface area contributed by atoms with Crippen LogP contribution in [0.3, 0.4) is 0 Å². The highest BCUT2D eigenvalue weighted by atomic mass is 16.5. The third-order valence-electron chi connectivity index (χ3n) is 5.66. The van der Waals surface area contributed by atoms with Gasteiger partial charge in [-0.1, -0.05) is 55.5 Å². The van der Waals surface area contributed by atoms with E-state index in [1.54, 1.807) is 0 Å². The number of ether oxygens (including phenoxy) is 1. The Morgan fingerprint density at radius 3 is 2.52 bits per heavy atom. The number of fused-ring (bicyclic) bond motifs is 2.